The Morgan fingerprint density at radius 1 is 1.39 bits per heavy atom. The second-order valence-corrected chi connectivity index (χ2v) is 5.14. The molecule has 0 aromatic heterocycles. The van der Waals surface area contributed by atoms with Gasteiger partial charge in [0.05, 0.1) is 6.10 Å². The van der Waals surface area contributed by atoms with Crippen LogP contribution in [-0.2, 0) is 4.74 Å². The molecule has 2 atom stereocenters. The number of ether oxygens (including phenoxy) is 1. The number of benzene rings is 1. The van der Waals surface area contributed by atoms with Crippen molar-refractivity contribution in [3.05, 3.63) is 35.4 Å². The number of nitrogens with one attached hydrogen (secondary N) is 1. The van der Waals surface area contributed by atoms with E-state index in [1.807, 2.05) is 0 Å². The fraction of sp³-hybridized carbons (Fsp3) is 0.600. The molecule has 1 aliphatic rings. The number of hydrogen-bond donors (Lipinski definition) is 2. The van der Waals surface area contributed by atoms with Crippen molar-refractivity contribution in [1.29, 1.82) is 0 Å². The van der Waals surface area contributed by atoms with Crippen molar-refractivity contribution in [3.8, 4) is 0 Å². The molecule has 3 heteroatoms. The Hall–Kier alpha value is -0.900. The predicted molar refractivity (Wildman–Crippen MR) is 74.1 cm³/mol. The van der Waals surface area contributed by atoms with Gasteiger partial charge in [0.15, 0.2) is 0 Å². The molecule has 0 bridgehead atoms. The molecule has 1 saturated heterocycles. The lowest BCUT2D eigenvalue weighted by Crippen LogP contribution is -2.30. The standard InChI is InChI=1S/C15H24N2O/c1-12-6-2-3-8-14(12)15(17-16)10-9-13-7-4-5-11-18-13/h2-3,6,8,13,15,17H,4-5,7,9-11,16H2,1H3. The molecule has 2 rings (SSSR count). The molecule has 1 aromatic rings. The Bertz CT molecular complexity index is 361. The van der Waals surface area contributed by atoms with E-state index in [1.54, 1.807) is 0 Å². The molecule has 0 saturated carbocycles. The van der Waals surface area contributed by atoms with Gasteiger partial charge >= 0.3 is 0 Å². The van der Waals surface area contributed by atoms with Gasteiger partial charge in [-0.2, -0.15) is 0 Å². The van der Waals surface area contributed by atoms with Crippen LogP contribution in [0.1, 0.15) is 49.3 Å². The van der Waals surface area contributed by atoms with E-state index in [0.29, 0.717) is 6.10 Å². The van der Waals surface area contributed by atoms with Gasteiger partial charge in [-0.15, -0.1) is 0 Å². The number of hydrazine groups is 1. The monoisotopic (exact) mass is 248 g/mol. The van der Waals surface area contributed by atoms with Crippen molar-refractivity contribution in [3.63, 3.8) is 0 Å². The molecule has 2 unspecified atom stereocenters. The molecule has 18 heavy (non-hydrogen) atoms. The molecule has 100 valence electrons. The fourth-order valence-electron chi connectivity index (χ4n) is 2.69. The van der Waals surface area contributed by atoms with Gasteiger partial charge in [-0.1, -0.05) is 24.3 Å². The summed E-state index contributed by atoms with van der Waals surface area (Å²) >= 11 is 0. The topological polar surface area (TPSA) is 47.3 Å². The predicted octanol–water partition coefficient (Wildman–Crippen LogP) is 2.85. The first-order valence-electron chi connectivity index (χ1n) is 6.94. The third-order valence-electron chi connectivity index (χ3n) is 3.82. The summed E-state index contributed by atoms with van der Waals surface area (Å²) in [5, 5.41) is 0. The number of nitrogens with two attached hydrogens (primary N) is 1. The van der Waals surface area contributed by atoms with Gasteiger partial charge < -0.3 is 4.74 Å². The summed E-state index contributed by atoms with van der Waals surface area (Å²) in [6, 6.07) is 8.66. The molecular weight excluding hydrogens is 224 g/mol. The van der Waals surface area contributed by atoms with Gasteiger partial charge in [-0.05, 0) is 50.2 Å². The van der Waals surface area contributed by atoms with Crippen LogP contribution in [0.4, 0.5) is 0 Å². The van der Waals surface area contributed by atoms with Gasteiger partial charge in [0, 0.05) is 12.6 Å². The molecule has 1 heterocycles. The van der Waals surface area contributed by atoms with Crippen LogP contribution in [0.25, 0.3) is 0 Å². The van der Waals surface area contributed by atoms with E-state index in [9.17, 15) is 0 Å². The minimum absolute atomic E-state index is 0.233. The first-order chi connectivity index (χ1) is 8.81. The van der Waals surface area contributed by atoms with E-state index in [2.05, 4.69) is 36.6 Å². The molecule has 3 N–H and O–H groups in total. The van der Waals surface area contributed by atoms with Crippen LogP contribution < -0.4 is 11.3 Å². The summed E-state index contributed by atoms with van der Waals surface area (Å²) in [6.45, 7) is 3.06. The summed E-state index contributed by atoms with van der Waals surface area (Å²) in [6.07, 6.45) is 6.27. The average Bonchev–Trinajstić information content (AvgIpc) is 2.42. The van der Waals surface area contributed by atoms with E-state index in [0.717, 1.165) is 19.4 Å². The van der Waals surface area contributed by atoms with Gasteiger partial charge in [-0.3, -0.25) is 11.3 Å². The van der Waals surface area contributed by atoms with Crippen molar-refractivity contribution in [2.75, 3.05) is 6.61 Å². The Morgan fingerprint density at radius 2 is 2.22 bits per heavy atom. The van der Waals surface area contributed by atoms with Crippen LogP contribution in [0, 0.1) is 6.92 Å². The number of rotatable bonds is 5. The molecule has 1 aromatic carbocycles. The van der Waals surface area contributed by atoms with E-state index in [4.69, 9.17) is 10.6 Å². The molecular formula is C15H24N2O. The Kier molecular flexibility index (Phi) is 5.17. The number of hydrogen-bond acceptors (Lipinski definition) is 3. The molecule has 0 aliphatic carbocycles. The van der Waals surface area contributed by atoms with Crippen molar-refractivity contribution >= 4 is 0 Å². The molecule has 3 nitrogen and oxygen atoms in total. The summed E-state index contributed by atoms with van der Waals surface area (Å²) in [7, 11) is 0. The second kappa shape index (κ2) is 6.88. The van der Waals surface area contributed by atoms with E-state index < -0.39 is 0 Å². The smallest absolute Gasteiger partial charge is 0.0575 e. The molecule has 1 aliphatic heterocycles. The summed E-state index contributed by atoms with van der Waals surface area (Å²) in [5.74, 6) is 5.70. The lowest BCUT2D eigenvalue weighted by atomic mass is 9.95. The van der Waals surface area contributed by atoms with Crippen LogP contribution in [0.3, 0.4) is 0 Å². The first-order valence-corrected chi connectivity index (χ1v) is 6.94. The van der Waals surface area contributed by atoms with E-state index in [1.165, 1.54) is 30.4 Å². The van der Waals surface area contributed by atoms with Crippen LogP contribution in [-0.4, -0.2) is 12.7 Å². The van der Waals surface area contributed by atoms with Gasteiger partial charge in [0.2, 0.25) is 0 Å². The quantitative estimate of drug-likeness (QED) is 0.622. The second-order valence-electron chi connectivity index (χ2n) is 5.14. The summed E-state index contributed by atoms with van der Waals surface area (Å²) in [5.41, 5.74) is 5.54. The Morgan fingerprint density at radius 3 is 2.89 bits per heavy atom. The minimum Gasteiger partial charge on any atom is -0.378 e. The van der Waals surface area contributed by atoms with Crippen LogP contribution in [0.5, 0.6) is 0 Å². The minimum atomic E-state index is 0.233. The summed E-state index contributed by atoms with van der Waals surface area (Å²) in [4.78, 5) is 0. The molecule has 1 fully saturated rings. The molecule has 0 radical (unpaired) electrons. The zero-order valence-electron chi connectivity index (χ0n) is 11.2. The zero-order valence-corrected chi connectivity index (χ0v) is 11.2. The fourth-order valence-corrected chi connectivity index (χ4v) is 2.69. The third-order valence-corrected chi connectivity index (χ3v) is 3.82. The van der Waals surface area contributed by atoms with Gasteiger partial charge in [0.25, 0.3) is 0 Å². The lowest BCUT2D eigenvalue weighted by Gasteiger charge is -2.25. The largest absolute Gasteiger partial charge is 0.378 e. The average molecular weight is 248 g/mol. The Labute approximate surface area is 110 Å². The van der Waals surface area contributed by atoms with Gasteiger partial charge in [-0.25, -0.2) is 0 Å². The highest BCUT2D eigenvalue weighted by Gasteiger charge is 2.17. The van der Waals surface area contributed by atoms with Crippen molar-refractivity contribution < 1.29 is 4.74 Å². The highest BCUT2D eigenvalue weighted by Crippen LogP contribution is 2.25. The lowest BCUT2D eigenvalue weighted by molar-refractivity contribution is 0.00853. The van der Waals surface area contributed by atoms with Crippen LogP contribution in [0.2, 0.25) is 0 Å². The molecule has 0 spiro atoms. The maximum absolute atomic E-state index is 5.77. The van der Waals surface area contributed by atoms with Crippen LogP contribution in [0.15, 0.2) is 24.3 Å². The normalized spacial score (nSPS) is 21.8. The maximum atomic E-state index is 5.77. The Balaban J connectivity index is 1.91. The van der Waals surface area contributed by atoms with Crippen molar-refractivity contribution in [2.24, 2.45) is 5.84 Å². The summed E-state index contributed by atoms with van der Waals surface area (Å²) < 4.78 is 5.77. The van der Waals surface area contributed by atoms with Crippen LogP contribution >= 0.6 is 0 Å². The zero-order chi connectivity index (χ0) is 12.8. The highest BCUT2D eigenvalue weighted by atomic mass is 16.5. The SMILES string of the molecule is Cc1ccccc1C(CCC1CCCCO1)NN. The van der Waals surface area contributed by atoms with E-state index >= 15 is 0 Å². The maximum Gasteiger partial charge on any atom is 0.0575 e. The van der Waals surface area contributed by atoms with E-state index in [-0.39, 0.29) is 6.04 Å². The van der Waals surface area contributed by atoms with Crippen molar-refractivity contribution in [2.45, 2.75) is 51.2 Å². The number of aryl methyl sites for hydroxylation is 1. The third kappa shape index (κ3) is 3.55. The first kappa shape index (κ1) is 13.5. The highest BCUT2D eigenvalue weighted by molar-refractivity contribution is 5.28. The van der Waals surface area contributed by atoms with Gasteiger partial charge in [0.1, 0.15) is 0 Å². The van der Waals surface area contributed by atoms with Crippen molar-refractivity contribution in [1.82, 2.24) is 5.43 Å². The molecule has 0 amide bonds.